The molecular weight excluding hydrogens is 293 g/mol. The molecule has 1 aromatic heterocycles. The normalized spacial score (nSPS) is 10.9. The van der Waals surface area contributed by atoms with Crippen molar-refractivity contribution in [3.05, 3.63) is 59.5 Å². The number of benzene rings is 2. The van der Waals surface area contributed by atoms with Crippen LogP contribution in [-0.4, -0.2) is 17.6 Å². The zero-order chi connectivity index (χ0) is 16.4. The van der Waals surface area contributed by atoms with E-state index in [1.807, 2.05) is 18.2 Å². The molecular formula is C19H18FNO2. The van der Waals surface area contributed by atoms with Gasteiger partial charge in [-0.05, 0) is 37.1 Å². The molecule has 3 nitrogen and oxygen atoms in total. The summed E-state index contributed by atoms with van der Waals surface area (Å²) >= 11 is 0. The molecule has 1 N–H and O–H groups in total. The van der Waals surface area contributed by atoms with Crippen molar-refractivity contribution in [3.63, 3.8) is 0 Å². The molecule has 0 radical (unpaired) electrons. The quantitative estimate of drug-likeness (QED) is 0.709. The SMILES string of the molecule is CCOC(=O)c1[nH]c2ccc(CC)cc2c1-c1ccccc1F. The number of ether oxygens (including phenoxy) is 1. The van der Waals surface area contributed by atoms with Crippen molar-refractivity contribution in [2.75, 3.05) is 6.61 Å². The van der Waals surface area contributed by atoms with Crippen LogP contribution < -0.4 is 0 Å². The number of hydrogen-bond acceptors (Lipinski definition) is 2. The van der Waals surface area contributed by atoms with Crippen molar-refractivity contribution in [3.8, 4) is 11.1 Å². The third-order valence-corrected chi connectivity index (χ3v) is 3.89. The summed E-state index contributed by atoms with van der Waals surface area (Å²) in [7, 11) is 0. The monoisotopic (exact) mass is 311 g/mol. The molecule has 0 saturated heterocycles. The van der Waals surface area contributed by atoms with Gasteiger partial charge in [0.25, 0.3) is 0 Å². The molecule has 0 aliphatic heterocycles. The van der Waals surface area contributed by atoms with Gasteiger partial charge < -0.3 is 9.72 Å². The van der Waals surface area contributed by atoms with E-state index in [1.54, 1.807) is 25.1 Å². The third-order valence-electron chi connectivity index (χ3n) is 3.89. The van der Waals surface area contributed by atoms with Crippen molar-refractivity contribution in [2.24, 2.45) is 0 Å². The molecule has 0 bridgehead atoms. The molecule has 0 spiro atoms. The molecule has 0 atom stereocenters. The van der Waals surface area contributed by atoms with E-state index < -0.39 is 5.97 Å². The van der Waals surface area contributed by atoms with Gasteiger partial charge in [-0.15, -0.1) is 0 Å². The number of H-pyrrole nitrogens is 1. The van der Waals surface area contributed by atoms with E-state index in [-0.39, 0.29) is 12.4 Å². The number of halogens is 1. The number of hydrogen-bond donors (Lipinski definition) is 1. The molecule has 1 heterocycles. The molecule has 23 heavy (non-hydrogen) atoms. The number of nitrogens with one attached hydrogen (secondary N) is 1. The average molecular weight is 311 g/mol. The van der Waals surface area contributed by atoms with Crippen LogP contribution in [0.2, 0.25) is 0 Å². The Bertz CT molecular complexity index is 867. The fourth-order valence-electron chi connectivity index (χ4n) is 2.76. The van der Waals surface area contributed by atoms with Crippen LogP contribution in [-0.2, 0) is 11.2 Å². The van der Waals surface area contributed by atoms with Gasteiger partial charge in [0.15, 0.2) is 0 Å². The van der Waals surface area contributed by atoms with Crippen LogP contribution in [0.15, 0.2) is 42.5 Å². The van der Waals surface area contributed by atoms with E-state index in [9.17, 15) is 9.18 Å². The van der Waals surface area contributed by atoms with E-state index in [1.165, 1.54) is 6.07 Å². The highest BCUT2D eigenvalue weighted by Crippen LogP contribution is 2.35. The first-order valence-electron chi connectivity index (χ1n) is 7.72. The van der Waals surface area contributed by atoms with E-state index in [4.69, 9.17) is 4.74 Å². The second-order valence-electron chi connectivity index (χ2n) is 5.31. The predicted octanol–water partition coefficient (Wildman–Crippen LogP) is 4.71. The molecule has 0 unspecified atom stereocenters. The molecule has 2 aromatic carbocycles. The van der Waals surface area contributed by atoms with E-state index in [0.29, 0.717) is 16.8 Å². The Labute approximate surface area is 134 Å². The minimum atomic E-state index is -0.472. The Balaban J connectivity index is 2.32. The van der Waals surface area contributed by atoms with Gasteiger partial charge in [-0.1, -0.05) is 31.2 Å². The standard InChI is InChI=1S/C19H18FNO2/c1-3-12-9-10-16-14(11-12)17(13-7-5-6-8-15(13)20)18(21-16)19(22)23-4-2/h5-11,21H,3-4H2,1-2H3. The minimum Gasteiger partial charge on any atom is -0.461 e. The van der Waals surface area contributed by atoms with Gasteiger partial charge in [-0.2, -0.15) is 0 Å². The first-order valence-corrected chi connectivity index (χ1v) is 7.72. The predicted molar refractivity (Wildman–Crippen MR) is 89.0 cm³/mol. The van der Waals surface area contributed by atoms with E-state index in [2.05, 4.69) is 11.9 Å². The van der Waals surface area contributed by atoms with Gasteiger partial charge in [0.1, 0.15) is 11.5 Å². The maximum Gasteiger partial charge on any atom is 0.355 e. The van der Waals surface area contributed by atoms with E-state index in [0.717, 1.165) is 22.9 Å². The van der Waals surface area contributed by atoms with Crippen LogP contribution in [0.3, 0.4) is 0 Å². The summed E-state index contributed by atoms with van der Waals surface area (Å²) in [6, 6.07) is 12.4. The number of aromatic nitrogens is 1. The lowest BCUT2D eigenvalue weighted by Gasteiger charge is -2.06. The highest BCUT2D eigenvalue weighted by atomic mass is 19.1. The Morgan fingerprint density at radius 2 is 1.96 bits per heavy atom. The largest absolute Gasteiger partial charge is 0.461 e. The number of rotatable bonds is 4. The van der Waals surface area contributed by atoms with Crippen LogP contribution in [0.4, 0.5) is 4.39 Å². The number of carbonyl (C=O) groups is 1. The molecule has 0 fully saturated rings. The van der Waals surface area contributed by atoms with Gasteiger partial charge in [-0.25, -0.2) is 9.18 Å². The summed E-state index contributed by atoms with van der Waals surface area (Å²) in [5.74, 6) is -0.833. The van der Waals surface area contributed by atoms with Gasteiger partial charge >= 0.3 is 5.97 Å². The summed E-state index contributed by atoms with van der Waals surface area (Å²) in [4.78, 5) is 15.4. The zero-order valence-electron chi connectivity index (χ0n) is 13.2. The summed E-state index contributed by atoms with van der Waals surface area (Å²) in [6.45, 7) is 4.08. The second-order valence-corrected chi connectivity index (χ2v) is 5.31. The summed E-state index contributed by atoms with van der Waals surface area (Å²) < 4.78 is 19.4. The minimum absolute atomic E-state index is 0.269. The first-order chi connectivity index (χ1) is 11.2. The molecule has 0 amide bonds. The van der Waals surface area contributed by atoms with Gasteiger partial charge in [0.2, 0.25) is 0 Å². The summed E-state index contributed by atoms with van der Waals surface area (Å²) in [6.07, 6.45) is 0.868. The van der Waals surface area contributed by atoms with Crippen molar-refractivity contribution in [2.45, 2.75) is 20.3 Å². The summed E-state index contributed by atoms with van der Waals surface area (Å²) in [5.41, 5.74) is 3.18. The highest BCUT2D eigenvalue weighted by Gasteiger charge is 2.22. The fraction of sp³-hybridized carbons (Fsp3) is 0.211. The lowest BCUT2D eigenvalue weighted by atomic mass is 9.99. The molecule has 3 rings (SSSR count). The molecule has 118 valence electrons. The number of fused-ring (bicyclic) bond motifs is 1. The van der Waals surface area contributed by atoms with Crippen molar-refractivity contribution in [1.82, 2.24) is 4.98 Å². The topological polar surface area (TPSA) is 42.1 Å². The lowest BCUT2D eigenvalue weighted by molar-refractivity contribution is 0.0521. The van der Waals surface area contributed by atoms with Crippen LogP contribution >= 0.6 is 0 Å². The first kappa shape index (κ1) is 15.3. The molecule has 0 aliphatic carbocycles. The lowest BCUT2D eigenvalue weighted by Crippen LogP contribution is -2.06. The van der Waals surface area contributed by atoms with Crippen LogP contribution in [0, 0.1) is 5.82 Å². The van der Waals surface area contributed by atoms with Gasteiger partial charge in [-0.3, -0.25) is 0 Å². The Morgan fingerprint density at radius 1 is 1.17 bits per heavy atom. The molecule has 0 aliphatic rings. The second kappa shape index (κ2) is 6.24. The smallest absolute Gasteiger partial charge is 0.355 e. The zero-order valence-corrected chi connectivity index (χ0v) is 13.2. The molecule has 3 aromatic rings. The maximum atomic E-state index is 14.3. The number of carbonyl (C=O) groups excluding carboxylic acids is 1. The Morgan fingerprint density at radius 3 is 2.65 bits per heavy atom. The van der Waals surface area contributed by atoms with Gasteiger partial charge in [0.05, 0.1) is 6.61 Å². The molecule has 0 saturated carbocycles. The summed E-state index contributed by atoms with van der Waals surface area (Å²) in [5, 5.41) is 0.831. The van der Waals surface area contributed by atoms with Crippen molar-refractivity contribution < 1.29 is 13.9 Å². The van der Waals surface area contributed by atoms with Crippen molar-refractivity contribution in [1.29, 1.82) is 0 Å². The van der Waals surface area contributed by atoms with Crippen molar-refractivity contribution >= 4 is 16.9 Å². The average Bonchev–Trinajstić information content (AvgIpc) is 2.94. The maximum absolute atomic E-state index is 14.3. The van der Waals surface area contributed by atoms with Crippen LogP contribution in [0.25, 0.3) is 22.0 Å². The van der Waals surface area contributed by atoms with E-state index >= 15 is 0 Å². The number of aromatic amines is 1. The number of esters is 1. The number of aryl methyl sites for hydroxylation is 1. The highest BCUT2D eigenvalue weighted by molar-refractivity contribution is 6.08. The molecule has 4 heteroatoms. The van der Waals surface area contributed by atoms with Gasteiger partial charge in [0, 0.05) is 22.0 Å². The Kier molecular flexibility index (Phi) is 4.15. The van der Waals surface area contributed by atoms with Crippen LogP contribution in [0.1, 0.15) is 29.9 Å². The van der Waals surface area contributed by atoms with Crippen LogP contribution in [0.5, 0.6) is 0 Å². The Hall–Kier alpha value is -2.62. The third kappa shape index (κ3) is 2.72. The fourth-order valence-corrected chi connectivity index (χ4v) is 2.76.